The van der Waals surface area contributed by atoms with Crippen molar-refractivity contribution in [3.8, 4) is 22.8 Å². The van der Waals surface area contributed by atoms with Crippen molar-refractivity contribution >= 4 is 17.7 Å². The maximum absolute atomic E-state index is 13.4. The number of ether oxygens (including phenoxy) is 2. The molecule has 0 aliphatic carbocycles. The standard InChI is InChI=1S/C22H17F4N3O3S/c23-15-4-1-13(2-5-15)11-27-20(30)7-8-33-21-28-16(10-19(29-21)22(24,25)26)14-3-6-17-18(9-14)32-12-31-17/h1-6,9-10H,7-8,11-12H2,(H,27,30). The van der Waals surface area contributed by atoms with E-state index >= 15 is 0 Å². The molecule has 33 heavy (non-hydrogen) atoms. The normalized spacial score (nSPS) is 12.6. The van der Waals surface area contributed by atoms with Crippen LogP contribution < -0.4 is 14.8 Å². The maximum Gasteiger partial charge on any atom is 0.433 e. The molecule has 1 aromatic heterocycles. The Bertz CT molecular complexity index is 1160. The largest absolute Gasteiger partial charge is 0.454 e. The second-order valence-corrected chi connectivity index (χ2v) is 8.05. The van der Waals surface area contributed by atoms with Gasteiger partial charge in [-0.3, -0.25) is 4.79 Å². The lowest BCUT2D eigenvalue weighted by Gasteiger charge is -2.11. The summed E-state index contributed by atoms with van der Waals surface area (Å²) < 4.78 is 63.6. The van der Waals surface area contributed by atoms with E-state index < -0.39 is 11.9 Å². The van der Waals surface area contributed by atoms with E-state index in [9.17, 15) is 22.4 Å². The first kappa shape index (κ1) is 22.8. The Morgan fingerprint density at radius 2 is 1.79 bits per heavy atom. The lowest BCUT2D eigenvalue weighted by molar-refractivity contribution is -0.141. The number of thioether (sulfide) groups is 1. The van der Waals surface area contributed by atoms with Crippen molar-refractivity contribution < 1.29 is 31.8 Å². The van der Waals surface area contributed by atoms with Crippen molar-refractivity contribution in [2.45, 2.75) is 24.3 Å². The fraction of sp³-hybridized carbons (Fsp3) is 0.227. The third-order valence-electron chi connectivity index (χ3n) is 4.63. The van der Waals surface area contributed by atoms with Gasteiger partial charge in [0.2, 0.25) is 12.7 Å². The van der Waals surface area contributed by atoms with Crippen LogP contribution in [-0.4, -0.2) is 28.4 Å². The number of amides is 1. The van der Waals surface area contributed by atoms with Crippen molar-refractivity contribution in [3.05, 3.63) is 65.6 Å². The van der Waals surface area contributed by atoms with Crippen LogP contribution in [0.1, 0.15) is 17.7 Å². The Morgan fingerprint density at radius 1 is 1.03 bits per heavy atom. The first-order chi connectivity index (χ1) is 15.8. The quantitative estimate of drug-likeness (QED) is 0.297. The van der Waals surface area contributed by atoms with Crippen molar-refractivity contribution in [2.24, 2.45) is 0 Å². The molecule has 2 aromatic carbocycles. The van der Waals surface area contributed by atoms with Crippen molar-refractivity contribution in [2.75, 3.05) is 12.5 Å². The fourth-order valence-electron chi connectivity index (χ4n) is 2.96. The molecule has 172 valence electrons. The lowest BCUT2D eigenvalue weighted by atomic mass is 10.1. The summed E-state index contributed by atoms with van der Waals surface area (Å²) in [5, 5.41) is 2.59. The molecule has 0 saturated heterocycles. The van der Waals surface area contributed by atoms with Gasteiger partial charge in [0.15, 0.2) is 16.7 Å². The lowest BCUT2D eigenvalue weighted by Crippen LogP contribution is -2.23. The number of hydrogen-bond donors (Lipinski definition) is 1. The molecule has 0 radical (unpaired) electrons. The molecule has 11 heteroatoms. The summed E-state index contributed by atoms with van der Waals surface area (Å²) in [6.07, 6.45) is -4.61. The Hall–Kier alpha value is -3.34. The number of fused-ring (bicyclic) bond motifs is 1. The number of nitrogens with zero attached hydrogens (tertiary/aromatic N) is 2. The third kappa shape index (κ3) is 5.92. The molecule has 1 aliphatic heterocycles. The van der Waals surface area contributed by atoms with Gasteiger partial charge in [0, 0.05) is 24.3 Å². The number of nitrogens with one attached hydrogen (secondary N) is 1. The van der Waals surface area contributed by atoms with Gasteiger partial charge in [-0.2, -0.15) is 13.2 Å². The first-order valence-corrected chi connectivity index (χ1v) is 10.8. The molecule has 0 saturated carbocycles. The van der Waals surface area contributed by atoms with Gasteiger partial charge in [-0.15, -0.1) is 0 Å². The molecule has 0 atom stereocenters. The van der Waals surface area contributed by atoms with Gasteiger partial charge in [-0.25, -0.2) is 14.4 Å². The zero-order valence-corrected chi connectivity index (χ0v) is 17.8. The summed E-state index contributed by atoms with van der Waals surface area (Å²) in [4.78, 5) is 19.9. The Balaban J connectivity index is 1.42. The van der Waals surface area contributed by atoms with Crippen LogP contribution >= 0.6 is 11.8 Å². The number of aromatic nitrogens is 2. The van der Waals surface area contributed by atoms with E-state index in [1.807, 2.05) is 0 Å². The third-order valence-corrected chi connectivity index (χ3v) is 5.48. The second kappa shape index (κ2) is 9.65. The summed E-state index contributed by atoms with van der Waals surface area (Å²) in [5.41, 5.74) is 0.158. The topological polar surface area (TPSA) is 73.3 Å². The van der Waals surface area contributed by atoms with Crippen molar-refractivity contribution in [1.29, 1.82) is 0 Å². The van der Waals surface area contributed by atoms with Crippen LogP contribution in [0, 0.1) is 5.82 Å². The van der Waals surface area contributed by atoms with E-state index in [1.54, 1.807) is 30.3 Å². The van der Waals surface area contributed by atoms with Gasteiger partial charge in [0.25, 0.3) is 0 Å². The molecule has 0 unspecified atom stereocenters. The summed E-state index contributed by atoms with van der Waals surface area (Å²) in [6.45, 7) is 0.263. The first-order valence-electron chi connectivity index (χ1n) is 9.78. The molecular weight excluding hydrogens is 462 g/mol. The van der Waals surface area contributed by atoms with Crippen LogP contribution in [-0.2, 0) is 17.5 Å². The Kier molecular flexibility index (Phi) is 6.68. The monoisotopic (exact) mass is 479 g/mol. The highest BCUT2D eigenvalue weighted by atomic mass is 32.2. The second-order valence-electron chi connectivity index (χ2n) is 6.99. The molecular formula is C22H17F4N3O3S. The highest BCUT2D eigenvalue weighted by Gasteiger charge is 2.34. The number of alkyl halides is 3. The molecule has 0 bridgehead atoms. The van der Waals surface area contributed by atoms with Gasteiger partial charge < -0.3 is 14.8 Å². The number of carbonyl (C=O) groups excluding carboxylic acids is 1. The molecule has 1 aliphatic rings. The molecule has 0 spiro atoms. The van der Waals surface area contributed by atoms with E-state index in [1.165, 1.54) is 12.1 Å². The van der Waals surface area contributed by atoms with Gasteiger partial charge >= 0.3 is 6.18 Å². The molecule has 1 N–H and O–H groups in total. The van der Waals surface area contributed by atoms with Gasteiger partial charge in [0.1, 0.15) is 11.5 Å². The Labute approximate surface area is 190 Å². The van der Waals surface area contributed by atoms with E-state index in [0.717, 1.165) is 23.4 Å². The van der Waals surface area contributed by atoms with Crippen LogP contribution in [0.5, 0.6) is 11.5 Å². The smallest absolute Gasteiger partial charge is 0.433 e. The molecule has 0 fully saturated rings. The molecule has 3 aromatic rings. The van der Waals surface area contributed by atoms with E-state index in [0.29, 0.717) is 17.1 Å². The van der Waals surface area contributed by atoms with Crippen LogP contribution in [0.4, 0.5) is 17.6 Å². The highest BCUT2D eigenvalue weighted by Crippen LogP contribution is 2.37. The average molecular weight is 479 g/mol. The van der Waals surface area contributed by atoms with Crippen LogP contribution in [0.15, 0.2) is 53.7 Å². The Morgan fingerprint density at radius 3 is 2.55 bits per heavy atom. The minimum absolute atomic E-state index is 0.0423. The summed E-state index contributed by atoms with van der Waals surface area (Å²) >= 11 is 0.948. The number of halogens is 4. The van der Waals surface area contributed by atoms with E-state index in [2.05, 4.69) is 15.3 Å². The minimum Gasteiger partial charge on any atom is -0.454 e. The zero-order valence-electron chi connectivity index (χ0n) is 17.0. The molecule has 6 nitrogen and oxygen atoms in total. The van der Waals surface area contributed by atoms with E-state index in [4.69, 9.17) is 9.47 Å². The van der Waals surface area contributed by atoms with Crippen molar-refractivity contribution in [3.63, 3.8) is 0 Å². The number of carbonyl (C=O) groups is 1. The van der Waals surface area contributed by atoms with E-state index in [-0.39, 0.29) is 48.1 Å². The average Bonchev–Trinajstić information content (AvgIpc) is 3.26. The van der Waals surface area contributed by atoms with Gasteiger partial charge in [0.05, 0.1) is 5.69 Å². The molecule has 2 heterocycles. The summed E-state index contributed by atoms with van der Waals surface area (Å²) in [5.74, 6) is 0.436. The number of hydrogen-bond acceptors (Lipinski definition) is 6. The zero-order chi connectivity index (χ0) is 23.4. The maximum atomic E-state index is 13.4. The number of benzene rings is 2. The predicted octanol–water partition coefficient (Wildman–Crippen LogP) is 4.83. The minimum atomic E-state index is -4.66. The predicted molar refractivity (Wildman–Crippen MR) is 112 cm³/mol. The summed E-state index contributed by atoms with van der Waals surface area (Å²) in [7, 11) is 0. The SMILES string of the molecule is O=C(CCSc1nc(-c2ccc3c(c2)OCO3)cc(C(F)(F)F)n1)NCc1ccc(F)cc1. The fourth-order valence-corrected chi connectivity index (χ4v) is 3.76. The number of rotatable bonds is 7. The van der Waals surface area contributed by atoms with Gasteiger partial charge in [-0.05, 0) is 42.0 Å². The van der Waals surface area contributed by atoms with Gasteiger partial charge in [-0.1, -0.05) is 23.9 Å². The summed E-state index contributed by atoms with van der Waals surface area (Å²) in [6, 6.07) is 11.3. The molecule has 1 amide bonds. The van der Waals surface area contributed by atoms with Crippen molar-refractivity contribution in [1.82, 2.24) is 15.3 Å². The van der Waals surface area contributed by atoms with Crippen LogP contribution in [0.25, 0.3) is 11.3 Å². The highest BCUT2D eigenvalue weighted by molar-refractivity contribution is 7.99. The molecule has 4 rings (SSSR count). The van der Waals surface area contributed by atoms with Crippen LogP contribution in [0.2, 0.25) is 0 Å². The van der Waals surface area contributed by atoms with Crippen LogP contribution in [0.3, 0.4) is 0 Å².